The molecule has 2 heterocycles. The Morgan fingerprint density at radius 3 is 2.38 bits per heavy atom. The third-order valence-electron chi connectivity index (χ3n) is 4.04. The number of benzene rings is 1. The lowest BCUT2D eigenvalue weighted by Gasteiger charge is -2.20. The van der Waals surface area contributed by atoms with Crippen LogP contribution in [0.4, 0.5) is 0 Å². The fraction of sp³-hybridized carbons (Fsp3) is 0.316. The van der Waals surface area contributed by atoms with Gasteiger partial charge in [0.2, 0.25) is 0 Å². The fourth-order valence-corrected chi connectivity index (χ4v) is 2.79. The van der Waals surface area contributed by atoms with Crippen molar-refractivity contribution in [2.75, 3.05) is 0 Å². The summed E-state index contributed by atoms with van der Waals surface area (Å²) in [7, 11) is 0. The van der Waals surface area contributed by atoms with Crippen LogP contribution in [0, 0.1) is 6.92 Å². The number of aromatic nitrogens is 1. The second-order valence-electron chi connectivity index (χ2n) is 6.89. The maximum Gasteiger partial charge on any atom is 0.183 e. The van der Waals surface area contributed by atoms with Gasteiger partial charge >= 0.3 is 0 Å². The van der Waals surface area contributed by atoms with E-state index in [-0.39, 0.29) is 11.2 Å². The smallest absolute Gasteiger partial charge is 0.183 e. The molecule has 2 aromatic rings. The van der Waals surface area contributed by atoms with Crippen LogP contribution in [-0.4, -0.2) is 10.4 Å². The van der Waals surface area contributed by atoms with Gasteiger partial charge in [0.15, 0.2) is 5.78 Å². The average Bonchev–Trinajstić information content (AvgIpc) is 2.79. The molecule has 0 bridgehead atoms. The normalized spacial score (nSPS) is 14.9. The largest absolute Gasteiger partial charge is 0.320 e. The van der Waals surface area contributed by atoms with E-state index >= 15 is 0 Å². The van der Waals surface area contributed by atoms with Gasteiger partial charge in [0.1, 0.15) is 0 Å². The summed E-state index contributed by atoms with van der Waals surface area (Å²) >= 11 is 0. The predicted octanol–water partition coefficient (Wildman–Crippen LogP) is 4.68. The quantitative estimate of drug-likeness (QED) is 0.743. The highest BCUT2D eigenvalue weighted by Crippen LogP contribution is 2.29. The summed E-state index contributed by atoms with van der Waals surface area (Å²) in [5, 5.41) is 0. The summed E-state index contributed by atoms with van der Waals surface area (Å²) in [5.41, 5.74) is 5.60. The molecule has 0 unspecified atom stereocenters. The van der Waals surface area contributed by atoms with Crippen LogP contribution in [0.15, 0.2) is 36.5 Å². The highest BCUT2D eigenvalue weighted by molar-refractivity contribution is 6.06. The Kier molecular flexibility index (Phi) is 3.12. The molecule has 0 saturated carbocycles. The van der Waals surface area contributed by atoms with E-state index in [4.69, 9.17) is 0 Å². The molecule has 0 N–H and O–H groups in total. The highest BCUT2D eigenvalue weighted by atomic mass is 16.1. The molecule has 0 radical (unpaired) electrons. The molecule has 0 saturated heterocycles. The summed E-state index contributed by atoms with van der Waals surface area (Å²) in [4.78, 5) is 12.2. The zero-order chi connectivity index (χ0) is 15.2. The zero-order valence-electron chi connectivity index (χ0n) is 13.1. The van der Waals surface area contributed by atoms with Crippen LogP contribution >= 0.6 is 0 Å². The average molecular weight is 279 g/mol. The Labute approximate surface area is 126 Å². The lowest BCUT2D eigenvalue weighted by atomic mass is 9.86. The minimum atomic E-state index is 0.153. The van der Waals surface area contributed by atoms with E-state index in [1.807, 2.05) is 23.8 Å². The van der Waals surface area contributed by atoms with Gasteiger partial charge in [-0.05, 0) is 40.7 Å². The Hall–Kier alpha value is -2.09. The second-order valence-corrected chi connectivity index (χ2v) is 6.89. The van der Waals surface area contributed by atoms with Gasteiger partial charge < -0.3 is 4.57 Å². The summed E-state index contributed by atoms with van der Waals surface area (Å²) in [5.74, 6) is 0.195. The molecule has 108 valence electrons. The SMILES string of the molecule is Cc1cc2n(c1)C=C(c1ccc(C(C)(C)C)cc1)CC2=O. The van der Waals surface area contributed by atoms with E-state index in [9.17, 15) is 4.79 Å². The molecule has 2 heteroatoms. The summed E-state index contributed by atoms with van der Waals surface area (Å²) in [6, 6.07) is 10.5. The monoisotopic (exact) mass is 279 g/mol. The van der Waals surface area contributed by atoms with E-state index in [0.717, 1.165) is 22.4 Å². The van der Waals surface area contributed by atoms with Crippen LogP contribution in [0.3, 0.4) is 0 Å². The van der Waals surface area contributed by atoms with Crippen LogP contribution in [0.2, 0.25) is 0 Å². The molecular formula is C19H21NO. The Bertz CT molecular complexity index is 724. The number of allylic oxidation sites excluding steroid dienone is 1. The van der Waals surface area contributed by atoms with Crippen LogP contribution in [0.5, 0.6) is 0 Å². The van der Waals surface area contributed by atoms with Gasteiger partial charge in [-0.1, -0.05) is 45.0 Å². The van der Waals surface area contributed by atoms with Crippen LogP contribution in [0.25, 0.3) is 11.8 Å². The van der Waals surface area contributed by atoms with E-state index in [2.05, 4.69) is 51.2 Å². The summed E-state index contributed by atoms with van der Waals surface area (Å²) in [6.45, 7) is 8.64. The van der Waals surface area contributed by atoms with Gasteiger partial charge in [-0.3, -0.25) is 4.79 Å². The number of fused-ring (bicyclic) bond motifs is 1. The number of ketones is 1. The molecule has 1 aromatic carbocycles. The Balaban J connectivity index is 1.98. The van der Waals surface area contributed by atoms with Crippen molar-refractivity contribution in [1.29, 1.82) is 0 Å². The van der Waals surface area contributed by atoms with Crippen molar-refractivity contribution < 1.29 is 4.79 Å². The van der Waals surface area contributed by atoms with E-state index in [0.29, 0.717) is 6.42 Å². The first kappa shape index (κ1) is 13.9. The molecular weight excluding hydrogens is 258 g/mol. The molecule has 0 amide bonds. The van der Waals surface area contributed by atoms with Crippen molar-refractivity contribution in [3.05, 3.63) is 58.9 Å². The van der Waals surface area contributed by atoms with E-state index < -0.39 is 0 Å². The van der Waals surface area contributed by atoms with Crippen LogP contribution < -0.4 is 0 Å². The van der Waals surface area contributed by atoms with Crippen LogP contribution in [-0.2, 0) is 5.41 Å². The zero-order valence-corrected chi connectivity index (χ0v) is 13.1. The van der Waals surface area contributed by atoms with E-state index in [1.54, 1.807) is 0 Å². The van der Waals surface area contributed by atoms with Crippen molar-refractivity contribution in [3.63, 3.8) is 0 Å². The maximum atomic E-state index is 12.2. The molecule has 21 heavy (non-hydrogen) atoms. The molecule has 0 spiro atoms. The maximum absolute atomic E-state index is 12.2. The molecule has 1 aromatic heterocycles. The second kappa shape index (κ2) is 4.73. The molecule has 0 aliphatic carbocycles. The van der Waals surface area contributed by atoms with E-state index in [1.165, 1.54) is 5.56 Å². The third kappa shape index (κ3) is 2.58. The first-order valence-electron chi connectivity index (χ1n) is 7.38. The van der Waals surface area contributed by atoms with Crippen LogP contribution in [0.1, 0.15) is 54.4 Å². The number of nitrogens with zero attached hydrogens (tertiary/aromatic N) is 1. The fourth-order valence-electron chi connectivity index (χ4n) is 2.79. The van der Waals surface area contributed by atoms with Gasteiger partial charge in [0.05, 0.1) is 5.69 Å². The molecule has 1 aliphatic rings. The van der Waals surface area contributed by atoms with Crippen molar-refractivity contribution in [1.82, 2.24) is 4.57 Å². The third-order valence-corrected chi connectivity index (χ3v) is 4.04. The lowest BCUT2D eigenvalue weighted by molar-refractivity contribution is 0.0990. The minimum Gasteiger partial charge on any atom is -0.320 e. The topological polar surface area (TPSA) is 22.0 Å². The summed E-state index contributed by atoms with van der Waals surface area (Å²) in [6.07, 6.45) is 4.57. The number of hydrogen-bond acceptors (Lipinski definition) is 1. The number of hydrogen-bond donors (Lipinski definition) is 0. The highest BCUT2D eigenvalue weighted by Gasteiger charge is 2.20. The Morgan fingerprint density at radius 1 is 1.10 bits per heavy atom. The Morgan fingerprint density at radius 2 is 1.76 bits per heavy atom. The number of carbonyl (C=O) groups excluding carboxylic acids is 1. The van der Waals surface area contributed by atoms with Crippen molar-refractivity contribution in [2.24, 2.45) is 0 Å². The molecule has 0 fully saturated rings. The van der Waals surface area contributed by atoms with Gasteiger partial charge in [-0.2, -0.15) is 0 Å². The minimum absolute atomic E-state index is 0.153. The number of aryl methyl sites for hydroxylation is 1. The molecule has 0 atom stereocenters. The molecule has 2 nitrogen and oxygen atoms in total. The van der Waals surface area contributed by atoms with Crippen molar-refractivity contribution in [3.8, 4) is 0 Å². The predicted molar refractivity (Wildman–Crippen MR) is 87.4 cm³/mol. The lowest BCUT2D eigenvalue weighted by Crippen LogP contribution is -2.12. The summed E-state index contributed by atoms with van der Waals surface area (Å²) < 4.78 is 1.95. The van der Waals surface area contributed by atoms with Gasteiger partial charge in [-0.15, -0.1) is 0 Å². The van der Waals surface area contributed by atoms with Crippen molar-refractivity contribution in [2.45, 2.75) is 39.5 Å². The molecule has 1 aliphatic heterocycles. The first-order valence-corrected chi connectivity index (χ1v) is 7.38. The van der Waals surface area contributed by atoms with Gasteiger partial charge in [-0.25, -0.2) is 0 Å². The number of rotatable bonds is 1. The number of carbonyl (C=O) groups is 1. The molecule has 3 rings (SSSR count). The van der Waals surface area contributed by atoms with Crippen molar-refractivity contribution >= 4 is 17.6 Å². The number of Topliss-reactive ketones (excluding diaryl/α,β-unsaturated/α-hetero) is 1. The van der Waals surface area contributed by atoms with Gasteiger partial charge in [0, 0.05) is 18.8 Å². The standard InChI is InChI=1S/C19H21NO/c1-13-9-17-18(21)10-15(12-20(17)11-13)14-5-7-16(8-6-14)19(2,3)4/h5-9,11-12H,10H2,1-4H3. The van der Waals surface area contributed by atoms with Gasteiger partial charge in [0.25, 0.3) is 0 Å². The first-order chi connectivity index (χ1) is 9.84.